The molecule has 1 N–H and O–H groups in total. The lowest BCUT2D eigenvalue weighted by Gasteiger charge is -2.39. The van der Waals surface area contributed by atoms with Gasteiger partial charge in [0.15, 0.2) is 0 Å². The van der Waals surface area contributed by atoms with E-state index in [1.165, 1.54) is 32.4 Å². The molecule has 108 valence electrons. The van der Waals surface area contributed by atoms with Gasteiger partial charge < -0.3 is 10.0 Å². The van der Waals surface area contributed by atoms with E-state index >= 15 is 0 Å². The minimum absolute atomic E-state index is 0. The predicted molar refractivity (Wildman–Crippen MR) is 77.0 cm³/mol. The third-order valence-corrected chi connectivity index (χ3v) is 3.82. The summed E-state index contributed by atoms with van der Waals surface area (Å²) in [5.41, 5.74) is 0. The zero-order valence-electron chi connectivity index (χ0n) is 10.7. The lowest BCUT2D eigenvalue weighted by atomic mass is 10.00. The van der Waals surface area contributed by atoms with Gasteiger partial charge in [0.05, 0.1) is 6.54 Å². The van der Waals surface area contributed by atoms with Crippen LogP contribution < -0.4 is 0 Å². The van der Waals surface area contributed by atoms with E-state index in [4.69, 9.17) is 5.11 Å². The molecule has 0 amide bonds. The molecular formula is C12H24Cl2N2O2. The lowest BCUT2D eigenvalue weighted by Crippen LogP contribution is -2.47. The molecule has 0 radical (unpaired) electrons. The van der Waals surface area contributed by atoms with Crippen molar-refractivity contribution in [1.29, 1.82) is 0 Å². The molecule has 0 aliphatic carbocycles. The average Bonchev–Trinajstić information content (AvgIpc) is 2.30. The summed E-state index contributed by atoms with van der Waals surface area (Å²) in [5.74, 6) is -0.698. The average molecular weight is 299 g/mol. The van der Waals surface area contributed by atoms with Crippen LogP contribution >= 0.6 is 24.8 Å². The molecule has 0 saturated carbocycles. The first kappa shape index (κ1) is 18.0. The van der Waals surface area contributed by atoms with Crippen LogP contribution in [0, 0.1) is 0 Å². The van der Waals surface area contributed by atoms with Crippen molar-refractivity contribution in [3.8, 4) is 0 Å². The largest absolute Gasteiger partial charge is 0.480 e. The molecule has 0 unspecified atom stereocenters. The molecule has 2 rings (SSSR count). The second-order valence-electron chi connectivity index (χ2n) is 5.00. The smallest absolute Gasteiger partial charge is 0.317 e. The van der Waals surface area contributed by atoms with Crippen LogP contribution in [0.25, 0.3) is 0 Å². The molecule has 2 aliphatic rings. The standard InChI is InChI=1S/C12H22N2O2.2ClH/c15-12(16)10-13-8-4-11(5-9-13)14-6-2-1-3-7-14;;/h11H,1-10H2,(H,15,16);2*1H. The van der Waals surface area contributed by atoms with Gasteiger partial charge in [0, 0.05) is 19.1 Å². The summed E-state index contributed by atoms with van der Waals surface area (Å²) >= 11 is 0. The van der Waals surface area contributed by atoms with Gasteiger partial charge in [-0.15, -0.1) is 24.8 Å². The van der Waals surface area contributed by atoms with Crippen molar-refractivity contribution in [2.75, 3.05) is 32.7 Å². The summed E-state index contributed by atoms with van der Waals surface area (Å²) in [6.07, 6.45) is 6.36. The van der Waals surface area contributed by atoms with Gasteiger partial charge >= 0.3 is 5.97 Å². The van der Waals surface area contributed by atoms with Crippen LogP contribution in [0.15, 0.2) is 0 Å². The number of carboxylic acid groups (broad SMARTS) is 1. The molecule has 0 spiro atoms. The summed E-state index contributed by atoms with van der Waals surface area (Å²) in [6.45, 7) is 4.63. The fourth-order valence-electron chi connectivity index (χ4n) is 2.92. The number of aliphatic carboxylic acids is 1. The molecule has 0 atom stereocenters. The van der Waals surface area contributed by atoms with Crippen LogP contribution in [-0.4, -0.2) is 59.6 Å². The van der Waals surface area contributed by atoms with E-state index < -0.39 is 5.97 Å². The van der Waals surface area contributed by atoms with Gasteiger partial charge in [-0.3, -0.25) is 9.69 Å². The lowest BCUT2D eigenvalue weighted by molar-refractivity contribution is -0.138. The van der Waals surface area contributed by atoms with Gasteiger partial charge in [-0.1, -0.05) is 6.42 Å². The van der Waals surface area contributed by atoms with Gasteiger partial charge in [-0.05, 0) is 38.8 Å². The first-order valence-electron chi connectivity index (χ1n) is 6.44. The number of carbonyl (C=O) groups is 1. The highest BCUT2D eigenvalue weighted by atomic mass is 35.5. The van der Waals surface area contributed by atoms with Crippen molar-refractivity contribution in [3.05, 3.63) is 0 Å². The van der Waals surface area contributed by atoms with Gasteiger partial charge in [-0.2, -0.15) is 0 Å². The van der Waals surface area contributed by atoms with Crippen molar-refractivity contribution in [3.63, 3.8) is 0 Å². The Morgan fingerprint density at radius 1 is 1.00 bits per heavy atom. The fourth-order valence-corrected chi connectivity index (χ4v) is 2.92. The zero-order chi connectivity index (χ0) is 11.4. The molecule has 0 aromatic carbocycles. The van der Waals surface area contributed by atoms with E-state index in [-0.39, 0.29) is 31.4 Å². The predicted octanol–water partition coefficient (Wildman–Crippen LogP) is 1.86. The van der Waals surface area contributed by atoms with Crippen LogP contribution in [-0.2, 0) is 4.79 Å². The monoisotopic (exact) mass is 298 g/mol. The number of halogens is 2. The van der Waals surface area contributed by atoms with Crippen LogP contribution in [0.5, 0.6) is 0 Å². The maximum Gasteiger partial charge on any atom is 0.317 e. The van der Waals surface area contributed by atoms with E-state index in [2.05, 4.69) is 9.80 Å². The molecule has 2 fully saturated rings. The maximum atomic E-state index is 10.6. The molecule has 4 nitrogen and oxygen atoms in total. The Bertz CT molecular complexity index is 240. The topological polar surface area (TPSA) is 43.8 Å². The first-order chi connectivity index (χ1) is 7.75. The summed E-state index contributed by atoms with van der Waals surface area (Å²) < 4.78 is 0. The zero-order valence-corrected chi connectivity index (χ0v) is 12.3. The minimum atomic E-state index is -0.698. The number of nitrogens with zero attached hydrogens (tertiary/aromatic N) is 2. The Balaban J connectivity index is 0.00000144. The molecule has 18 heavy (non-hydrogen) atoms. The molecular weight excluding hydrogens is 275 g/mol. The van der Waals surface area contributed by atoms with Gasteiger partial charge in [-0.25, -0.2) is 0 Å². The SMILES string of the molecule is Cl.Cl.O=C(O)CN1CCC(N2CCCCC2)CC1. The van der Waals surface area contributed by atoms with E-state index in [0.717, 1.165) is 25.9 Å². The Kier molecular flexibility index (Phi) is 8.95. The Hall–Kier alpha value is -0.0300. The van der Waals surface area contributed by atoms with Crippen LogP contribution in [0.2, 0.25) is 0 Å². The number of piperidine rings is 2. The highest BCUT2D eigenvalue weighted by Gasteiger charge is 2.25. The van der Waals surface area contributed by atoms with Crippen LogP contribution in [0.1, 0.15) is 32.1 Å². The number of rotatable bonds is 3. The van der Waals surface area contributed by atoms with Gasteiger partial charge in [0.2, 0.25) is 0 Å². The highest BCUT2D eigenvalue weighted by Crippen LogP contribution is 2.20. The summed E-state index contributed by atoms with van der Waals surface area (Å²) in [4.78, 5) is 15.3. The molecule has 2 aliphatic heterocycles. The number of hydrogen-bond donors (Lipinski definition) is 1. The van der Waals surface area contributed by atoms with Crippen molar-refractivity contribution in [2.45, 2.75) is 38.1 Å². The third kappa shape index (κ3) is 5.31. The molecule has 0 bridgehead atoms. The molecule has 6 heteroatoms. The summed E-state index contributed by atoms with van der Waals surface area (Å²) in [7, 11) is 0. The molecule has 2 heterocycles. The summed E-state index contributed by atoms with van der Waals surface area (Å²) in [5, 5.41) is 8.73. The third-order valence-electron chi connectivity index (χ3n) is 3.82. The van der Waals surface area contributed by atoms with E-state index in [1.54, 1.807) is 0 Å². The van der Waals surface area contributed by atoms with Gasteiger partial charge in [0.25, 0.3) is 0 Å². The second-order valence-corrected chi connectivity index (χ2v) is 5.00. The molecule has 2 saturated heterocycles. The summed E-state index contributed by atoms with van der Waals surface area (Å²) in [6, 6.07) is 0.713. The van der Waals surface area contributed by atoms with Crippen LogP contribution in [0.4, 0.5) is 0 Å². The molecule has 0 aromatic rings. The van der Waals surface area contributed by atoms with E-state index in [9.17, 15) is 4.79 Å². The highest BCUT2D eigenvalue weighted by molar-refractivity contribution is 5.85. The number of hydrogen-bond acceptors (Lipinski definition) is 3. The van der Waals surface area contributed by atoms with E-state index in [0.29, 0.717) is 6.04 Å². The number of carboxylic acids is 1. The number of likely N-dealkylation sites (tertiary alicyclic amines) is 2. The minimum Gasteiger partial charge on any atom is -0.480 e. The van der Waals surface area contributed by atoms with Crippen molar-refractivity contribution in [1.82, 2.24) is 9.80 Å². The Morgan fingerprint density at radius 3 is 2.06 bits per heavy atom. The van der Waals surface area contributed by atoms with Crippen molar-refractivity contribution >= 4 is 30.8 Å². The van der Waals surface area contributed by atoms with Crippen molar-refractivity contribution in [2.24, 2.45) is 0 Å². The fraction of sp³-hybridized carbons (Fsp3) is 0.917. The molecule has 0 aromatic heterocycles. The second kappa shape index (κ2) is 8.97. The quantitative estimate of drug-likeness (QED) is 0.864. The van der Waals surface area contributed by atoms with Crippen molar-refractivity contribution < 1.29 is 9.90 Å². The Labute approximate surface area is 122 Å². The maximum absolute atomic E-state index is 10.6. The van der Waals surface area contributed by atoms with E-state index in [1.807, 2.05) is 0 Å². The Morgan fingerprint density at radius 2 is 1.56 bits per heavy atom. The normalized spacial score (nSPS) is 22.9. The first-order valence-corrected chi connectivity index (χ1v) is 6.44. The van der Waals surface area contributed by atoms with Gasteiger partial charge in [0.1, 0.15) is 0 Å². The van der Waals surface area contributed by atoms with Crippen LogP contribution in [0.3, 0.4) is 0 Å².